The van der Waals surface area contributed by atoms with Gasteiger partial charge in [0.2, 0.25) is 0 Å². The summed E-state index contributed by atoms with van der Waals surface area (Å²) in [6.07, 6.45) is 1.73. The molecule has 3 aromatic rings. The fourth-order valence-corrected chi connectivity index (χ4v) is 4.16. The van der Waals surface area contributed by atoms with E-state index in [1.165, 1.54) is 0 Å². The van der Waals surface area contributed by atoms with Crippen molar-refractivity contribution >= 4 is 46.6 Å². The topological polar surface area (TPSA) is 144 Å². The molecule has 0 unspecified atom stereocenters. The summed E-state index contributed by atoms with van der Waals surface area (Å²) in [4.78, 5) is 51.7. The largest absolute Gasteiger partial charge is 0.338 e. The van der Waals surface area contributed by atoms with Gasteiger partial charge in [0.15, 0.2) is 0 Å². The molecule has 0 radical (unpaired) electrons. The minimum absolute atomic E-state index is 0.280. The highest BCUT2D eigenvalue weighted by atomic mass is 16.2. The molecule has 0 bridgehead atoms. The van der Waals surface area contributed by atoms with Crippen LogP contribution in [0, 0.1) is 0 Å². The van der Waals surface area contributed by atoms with E-state index in [1.54, 1.807) is 72.8 Å². The monoisotopic (exact) mass is 617 g/mol. The number of hydrogen-bond donors (Lipinski definition) is 6. The summed E-state index contributed by atoms with van der Waals surface area (Å²) < 4.78 is 0.839. The molecule has 0 saturated carbocycles. The van der Waals surface area contributed by atoms with E-state index in [1.807, 2.05) is 14.1 Å². The predicted molar refractivity (Wildman–Crippen MR) is 180 cm³/mol. The molecule has 6 N–H and O–H groups in total. The second kappa shape index (κ2) is 16.8. The summed E-state index contributed by atoms with van der Waals surface area (Å²) in [7, 11) is 10.3. The Kier molecular flexibility index (Phi) is 12.9. The molecule has 6 amide bonds. The first-order valence-corrected chi connectivity index (χ1v) is 14.9. The lowest BCUT2D eigenvalue weighted by Gasteiger charge is -2.23. The normalized spacial score (nSPS) is 11.0. The van der Waals surface area contributed by atoms with Crippen LogP contribution in [-0.4, -0.2) is 94.7 Å². The molecule has 0 aliphatic heterocycles. The number of hydrogen-bond acceptors (Lipinski definition) is 5. The summed E-state index contributed by atoms with van der Waals surface area (Å²) in [5, 5.41) is 16.8. The highest BCUT2D eigenvalue weighted by Gasteiger charge is 2.11. The summed E-state index contributed by atoms with van der Waals surface area (Å²) in [6.45, 7) is 3.00. The third-order valence-electron chi connectivity index (χ3n) is 6.57. The molecule has 12 heteroatoms. The Morgan fingerprint density at radius 1 is 0.556 bits per heavy atom. The number of nitrogens with one attached hydrogen (secondary N) is 6. The smallest absolute Gasteiger partial charge is 0.319 e. The molecule has 12 nitrogen and oxygen atoms in total. The van der Waals surface area contributed by atoms with Crippen LogP contribution in [0.4, 0.5) is 32.3 Å². The van der Waals surface area contributed by atoms with Gasteiger partial charge in [-0.15, -0.1) is 0 Å². The van der Waals surface area contributed by atoms with Crippen LogP contribution in [0.3, 0.4) is 0 Å². The molecule has 3 aromatic carbocycles. The first-order valence-electron chi connectivity index (χ1n) is 14.9. The number of rotatable bonds is 14. The molecule has 0 aliphatic carbocycles. The number of amides is 6. The van der Waals surface area contributed by atoms with Crippen LogP contribution in [-0.2, 0) is 0 Å². The van der Waals surface area contributed by atoms with Crippen molar-refractivity contribution in [3.8, 4) is 0 Å². The minimum atomic E-state index is -0.332. The van der Waals surface area contributed by atoms with E-state index in [0.717, 1.165) is 30.4 Å². The van der Waals surface area contributed by atoms with Gasteiger partial charge in [-0.2, -0.15) is 0 Å². The minimum Gasteiger partial charge on any atom is -0.338 e. The predicted octanol–water partition coefficient (Wildman–Crippen LogP) is 4.48. The van der Waals surface area contributed by atoms with Crippen molar-refractivity contribution in [3.05, 3.63) is 83.9 Å². The molecular formula is C33H45N8O4+. The van der Waals surface area contributed by atoms with Gasteiger partial charge in [-0.1, -0.05) is 0 Å². The van der Waals surface area contributed by atoms with Crippen LogP contribution in [0.5, 0.6) is 0 Å². The van der Waals surface area contributed by atoms with E-state index in [2.05, 4.69) is 57.9 Å². The average molecular weight is 618 g/mol. The molecule has 0 saturated heterocycles. The average Bonchev–Trinajstić information content (AvgIpc) is 2.99. The van der Waals surface area contributed by atoms with E-state index >= 15 is 0 Å². The second-order valence-electron chi connectivity index (χ2n) is 11.9. The first kappa shape index (κ1) is 34.5. The second-order valence-corrected chi connectivity index (χ2v) is 11.9. The van der Waals surface area contributed by atoms with Crippen LogP contribution >= 0.6 is 0 Å². The van der Waals surface area contributed by atoms with Gasteiger partial charge in [0.25, 0.3) is 11.8 Å². The Morgan fingerprint density at radius 3 is 1.27 bits per heavy atom. The number of quaternary nitrogens is 1. The van der Waals surface area contributed by atoms with Gasteiger partial charge in [0, 0.05) is 53.4 Å². The molecule has 45 heavy (non-hydrogen) atoms. The number of carbonyl (C=O) groups is 4. The molecule has 0 fully saturated rings. The number of urea groups is 2. The molecule has 0 atom stereocenters. The Labute approximate surface area is 265 Å². The van der Waals surface area contributed by atoms with Crippen molar-refractivity contribution in [3.63, 3.8) is 0 Å². The standard InChI is InChI=1S/C33H44N8O4/c1-40(2)22-6-20-34-32(44)38-28-16-12-26(13-17-28)36-30(42)24-8-10-25(11-9-24)31(43)37-27-14-18-29(19-15-27)39-33(45)35-21-7-23-41(3,4)5/h8-19H,6-7,20-23H2,1-5H3,(H5-,34,35,36,37,38,39,42,43,44,45)/p+1. The zero-order valence-corrected chi connectivity index (χ0v) is 26.7. The van der Waals surface area contributed by atoms with E-state index < -0.39 is 0 Å². The van der Waals surface area contributed by atoms with Gasteiger partial charge in [0.05, 0.1) is 27.7 Å². The van der Waals surface area contributed by atoms with E-state index in [9.17, 15) is 19.2 Å². The lowest BCUT2D eigenvalue weighted by Crippen LogP contribution is -2.38. The third-order valence-corrected chi connectivity index (χ3v) is 6.57. The maximum Gasteiger partial charge on any atom is 0.319 e. The summed E-state index contributed by atoms with van der Waals surface area (Å²) in [5.41, 5.74) is 3.11. The van der Waals surface area contributed by atoms with Crippen molar-refractivity contribution in [2.45, 2.75) is 12.8 Å². The summed E-state index contributed by atoms with van der Waals surface area (Å²) >= 11 is 0. The van der Waals surface area contributed by atoms with Crippen LogP contribution in [0.2, 0.25) is 0 Å². The Hall–Kier alpha value is -4.94. The van der Waals surface area contributed by atoms with Crippen molar-refractivity contribution < 1.29 is 23.7 Å². The van der Waals surface area contributed by atoms with E-state index in [4.69, 9.17) is 0 Å². The quantitative estimate of drug-likeness (QED) is 0.117. The van der Waals surface area contributed by atoms with Gasteiger partial charge in [-0.05, 0) is 99.9 Å². The third kappa shape index (κ3) is 13.1. The van der Waals surface area contributed by atoms with Crippen molar-refractivity contribution in [1.82, 2.24) is 15.5 Å². The van der Waals surface area contributed by atoms with Gasteiger partial charge in [-0.3, -0.25) is 9.59 Å². The number of carbonyl (C=O) groups excluding carboxylic acids is 4. The molecular weight excluding hydrogens is 572 g/mol. The van der Waals surface area contributed by atoms with Crippen molar-refractivity contribution in [2.24, 2.45) is 0 Å². The van der Waals surface area contributed by atoms with E-state index in [-0.39, 0.29) is 23.9 Å². The Balaban J connectivity index is 1.43. The van der Waals surface area contributed by atoms with Gasteiger partial charge in [-0.25, -0.2) is 9.59 Å². The maximum atomic E-state index is 12.7. The lowest BCUT2D eigenvalue weighted by molar-refractivity contribution is -0.870. The highest BCUT2D eigenvalue weighted by Crippen LogP contribution is 2.17. The zero-order chi connectivity index (χ0) is 32.8. The van der Waals surface area contributed by atoms with E-state index in [0.29, 0.717) is 47.0 Å². The lowest BCUT2D eigenvalue weighted by atomic mass is 10.1. The SMILES string of the molecule is CN(C)CCCNC(=O)Nc1ccc(NC(=O)c2ccc(C(=O)Nc3ccc(NC(=O)NCCC[N+](C)(C)C)cc3)cc2)cc1. The van der Waals surface area contributed by atoms with Crippen LogP contribution in [0.1, 0.15) is 33.6 Å². The molecule has 240 valence electrons. The maximum absolute atomic E-state index is 12.7. The number of nitrogens with zero attached hydrogens (tertiary/aromatic N) is 2. The number of benzene rings is 3. The molecule has 0 spiro atoms. The molecule has 3 rings (SSSR count). The van der Waals surface area contributed by atoms with Crippen LogP contribution < -0.4 is 31.9 Å². The van der Waals surface area contributed by atoms with Gasteiger partial charge >= 0.3 is 12.1 Å². The van der Waals surface area contributed by atoms with Crippen LogP contribution in [0.15, 0.2) is 72.8 Å². The zero-order valence-electron chi connectivity index (χ0n) is 26.7. The summed E-state index contributed by atoms with van der Waals surface area (Å²) in [6, 6.07) is 19.4. The first-order chi connectivity index (χ1) is 21.4. The van der Waals surface area contributed by atoms with Crippen LogP contribution in [0.25, 0.3) is 0 Å². The Bertz CT molecular complexity index is 1420. The van der Waals surface area contributed by atoms with Gasteiger partial charge in [0.1, 0.15) is 0 Å². The highest BCUT2D eigenvalue weighted by molar-refractivity contribution is 6.07. The molecule has 0 heterocycles. The summed E-state index contributed by atoms with van der Waals surface area (Å²) in [5.74, 6) is -0.663. The van der Waals surface area contributed by atoms with Crippen molar-refractivity contribution in [1.29, 1.82) is 0 Å². The number of anilines is 4. The fraction of sp³-hybridized carbons (Fsp3) is 0.333. The fourth-order valence-electron chi connectivity index (χ4n) is 4.16. The Morgan fingerprint density at radius 2 is 0.911 bits per heavy atom. The van der Waals surface area contributed by atoms with Gasteiger partial charge < -0.3 is 41.3 Å². The molecule has 0 aliphatic rings. The molecule has 0 aromatic heterocycles. The van der Waals surface area contributed by atoms with Crippen molar-refractivity contribution in [2.75, 3.05) is 82.7 Å².